The van der Waals surface area contributed by atoms with Gasteiger partial charge < -0.3 is 16.2 Å². The Balaban J connectivity index is 3.83. The van der Waals surface area contributed by atoms with Gasteiger partial charge in [0.15, 0.2) is 0 Å². The van der Waals surface area contributed by atoms with Crippen LogP contribution < -0.4 is 11.1 Å². The van der Waals surface area contributed by atoms with Crippen molar-refractivity contribution in [1.82, 2.24) is 0 Å². The summed E-state index contributed by atoms with van der Waals surface area (Å²) in [5.41, 5.74) is 5.26. The zero-order chi connectivity index (χ0) is 13.4. The van der Waals surface area contributed by atoms with Gasteiger partial charge in [0.1, 0.15) is 4.90 Å². The van der Waals surface area contributed by atoms with E-state index in [-0.39, 0.29) is 22.5 Å². The summed E-state index contributed by atoms with van der Waals surface area (Å²) in [6, 6.07) is 1.02. The van der Waals surface area contributed by atoms with Gasteiger partial charge >= 0.3 is 5.97 Å². The van der Waals surface area contributed by atoms with Crippen LogP contribution in [-0.4, -0.2) is 31.1 Å². The van der Waals surface area contributed by atoms with Crippen molar-refractivity contribution in [3.63, 3.8) is 0 Å². The van der Waals surface area contributed by atoms with E-state index in [4.69, 9.17) is 15.4 Å². The van der Waals surface area contributed by atoms with E-state index in [9.17, 15) is 13.2 Å². The van der Waals surface area contributed by atoms with Crippen molar-refractivity contribution < 1.29 is 22.9 Å². The van der Waals surface area contributed by atoms with Crippen molar-refractivity contribution in [3.05, 3.63) is 17.2 Å². The van der Waals surface area contributed by atoms with Gasteiger partial charge in [0, 0.05) is 12.7 Å². The molecule has 0 aliphatic rings. The Bertz CT molecular complexity index is 580. The molecule has 0 unspecified atom stereocenters. The van der Waals surface area contributed by atoms with Crippen molar-refractivity contribution in [3.8, 4) is 0 Å². The molecule has 0 radical (unpaired) electrons. The molecule has 1 aromatic rings. The van der Waals surface area contributed by atoms with E-state index in [1.165, 1.54) is 14.0 Å². The van der Waals surface area contributed by atoms with Gasteiger partial charge in [0.2, 0.25) is 0 Å². The number of carboxylic acids is 1. The van der Waals surface area contributed by atoms with Crippen LogP contribution in [0.3, 0.4) is 0 Å². The molecule has 0 amide bonds. The highest BCUT2D eigenvalue weighted by Crippen LogP contribution is 2.32. The maximum absolute atomic E-state index is 11.1. The lowest BCUT2D eigenvalue weighted by atomic mass is 10.0. The number of rotatable bonds is 3. The molecule has 0 saturated carbocycles. The molecule has 0 atom stereocenters. The minimum atomic E-state index is -4.55. The number of benzene rings is 1. The Morgan fingerprint density at radius 2 is 2.00 bits per heavy atom. The van der Waals surface area contributed by atoms with Crippen LogP contribution in [0, 0.1) is 6.92 Å². The van der Waals surface area contributed by atoms with Crippen molar-refractivity contribution in [1.29, 1.82) is 0 Å². The number of aromatic carboxylic acids is 1. The topological polar surface area (TPSA) is 130 Å². The van der Waals surface area contributed by atoms with Gasteiger partial charge in [0.05, 0.1) is 11.3 Å². The molecule has 7 nitrogen and oxygen atoms in total. The zero-order valence-electron chi connectivity index (χ0n) is 9.18. The van der Waals surface area contributed by atoms with Gasteiger partial charge in [-0.05, 0) is 18.6 Å². The van der Waals surface area contributed by atoms with Crippen LogP contribution in [0.15, 0.2) is 11.0 Å². The average molecular weight is 260 g/mol. The summed E-state index contributed by atoms with van der Waals surface area (Å²) in [5, 5.41) is 11.5. The van der Waals surface area contributed by atoms with Crippen LogP contribution in [0.25, 0.3) is 0 Å². The number of nitrogen functional groups attached to an aromatic ring is 1. The minimum absolute atomic E-state index is 0.0194. The lowest BCUT2D eigenvalue weighted by Gasteiger charge is -2.14. The Morgan fingerprint density at radius 3 is 2.35 bits per heavy atom. The van der Waals surface area contributed by atoms with E-state index in [1.54, 1.807) is 0 Å². The molecule has 94 valence electrons. The highest BCUT2D eigenvalue weighted by atomic mass is 32.2. The first-order valence-corrected chi connectivity index (χ1v) is 5.95. The van der Waals surface area contributed by atoms with Crippen molar-refractivity contribution >= 4 is 27.5 Å². The molecule has 0 fully saturated rings. The average Bonchev–Trinajstić information content (AvgIpc) is 2.18. The summed E-state index contributed by atoms with van der Waals surface area (Å²) < 4.78 is 31.2. The molecule has 0 heterocycles. The third kappa shape index (κ3) is 2.32. The van der Waals surface area contributed by atoms with Crippen LogP contribution in [0.5, 0.6) is 0 Å². The molecule has 0 aliphatic carbocycles. The molecule has 8 heteroatoms. The normalized spacial score (nSPS) is 11.2. The molecule has 0 spiro atoms. The zero-order valence-corrected chi connectivity index (χ0v) is 10.00. The van der Waals surface area contributed by atoms with Crippen LogP contribution >= 0.6 is 0 Å². The van der Waals surface area contributed by atoms with E-state index in [0.717, 1.165) is 6.07 Å². The van der Waals surface area contributed by atoms with Crippen molar-refractivity contribution in [2.45, 2.75) is 11.8 Å². The number of nitrogens with two attached hydrogens (primary N) is 1. The summed E-state index contributed by atoms with van der Waals surface area (Å²) in [6.45, 7) is 1.45. The van der Waals surface area contributed by atoms with Gasteiger partial charge in [-0.15, -0.1) is 0 Å². The van der Waals surface area contributed by atoms with Gasteiger partial charge in [-0.2, -0.15) is 8.42 Å². The Labute approximate surface area is 98.0 Å². The molecule has 5 N–H and O–H groups in total. The van der Waals surface area contributed by atoms with Crippen molar-refractivity contribution in [2.24, 2.45) is 0 Å². The van der Waals surface area contributed by atoms with E-state index in [1.807, 2.05) is 0 Å². The number of hydrogen-bond donors (Lipinski definition) is 4. The van der Waals surface area contributed by atoms with E-state index >= 15 is 0 Å². The first-order valence-electron chi connectivity index (χ1n) is 4.51. The predicted molar refractivity (Wildman–Crippen MR) is 61.9 cm³/mol. The van der Waals surface area contributed by atoms with Gasteiger partial charge in [-0.25, -0.2) is 4.79 Å². The maximum Gasteiger partial charge on any atom is 0.338 e. The Kier molecular flexibility index (Phi) is 3.30. The lowest BCUT2D eigenvalue weighted by Crippen LogP contribution is -2.13. The predicted octanol–water partition coefficient (Wildman–Crippen LogP) is 0.564. The molecule has 0 saturated heterocycles. The number of hydrogen-bond acceptors (Lipinski definition) is 5. The number of carboxylic acid groups (broad SMARTS) is 1. The third-order valence-corrected chi connectivity index (χ3v) is 3.21. The first kappa shape index (κ1) is 13.3. The molecule has 17 heavy (non-hydrogen) atoms. The fraction of sp³-hybridized carbons (Fsp3) is 0.222. The summed E-state index contributed by atoms with van der Waals surface area (Å²) >= 11 is 0. The maximum atomic E-state index is 11.1. The standard InChI is InChI=1S/C9H12N2O5S/c1-4-5(10)3-6(17(14,15)16)8(11-2)7(4)9(12)13/h3,11H,10H2,1-2H3,(H,12,13)(H,14,15,16). The molecule has 1 aromatic carbocycles. The van der Waals surface area contributed by atoms with Crippen LogP contribution in [0.4, 0.5) is 11.4 Å². The quantitative estimate of drug-likeness (QED) is 0.461. The van der Waals surface area contributed by atoms with Gasteiger partial charge in [0.25, 0.3) is 10.1 Å². The van der Waals surface area contributed by atoms with E-state index in [0.29, 0.717) is 0 Å². The SMILES string of the molecule is CNc1c(S(=O)(=O)O)cc(N)c(C)c1C(=O)O. The number of anilines is 2. The molecular weight excluding hydrogens is 248 g/mol. The summed E-state index contributed by atoms with van der Waals surface area (Å²) in [5.74, 6) is -1.33. The van der Waals surface area contributed by atoms with Gasteiger partial charge in [-0.3, -0.25) is 4.55 Å². The third-order valence-electron chi connectivity index (χ3n) is 2.33. The second kappa shape index (κ2) is 4.22. The smallest absolute Gasteiger partial charge is 0.338 e. The number of carbonyl (C=O) groups is 1. The Morgan fingerprint density at radius 1 is 1.47 bits per heavy atom. The fourth-order valence-corrected chi connectivity index (χ4v) is 2.23. The monoisotopic (exact) mass is 260 g/mol. The first-order chi connectivity index (χ1) is 7.70. The lowest BCUT2D eigenvalue weighted by molar-refractivity contribution is 0.0697. The van der Waals surface area contributed by atoms with Gasteiger partial charge in [-0.1, -0.05) is 0 Å². The second-order valence-electron chi connectivity index (χ2n) is 3.37. The van der Waals surface area contributed by atoms with E-state index < -0.39 is 21.0 Å². The summed E-state index contributed by atoms with van der Waals surface area (Å²) in [4.78, 5) is 10.5. The van der Waals surface area contributed by atoms with Crippen molar-refractivity contribution in [2.75, 3.05) is 18.1 Å². The molecular formula is C9H12N2O5S. The highest BCUT2D eigenvalue weighted by molar-refractivity contribution is 7.86. The van der Waals surface area contributed by atoms with Crippen LogP contribution in [0.1, 0.15) is 15.9 Å². The summed E-state index contributed by atoms with van der Waals surface area (Å²) in [6.07, 6.45) is 0. The molecule has 0 aromatic heterocycles. The fourth-order valence-electron chi connectivity index (χ4n) is 1.50. The number of nitrogens with one attached hydrogen (secondary N) is 1. The second-order valence-corrected chi connectivity index (χ2v) is 4.76. The Hall–Kier alpha value is -1.80. The van der Waals surface area contributed by atoms with E-state index in [2.05, 4.69) is 5.32 Å². The van der Waals surface area contributed by atoms with Crippen LogP contribution in [0.2, 0.25) is 0 Å². The minimum Gasteiger partial charge on any atom is -0.478 e. The molecule has 0 bridgehead atoms. The molecule has 0 aliphatic heterocycles. The largest absolute Gasteiger partial charge is 0.478 e. The molecule has 1 rings (SSSR count). The highest BCUT2D eigenvalue weighted by Gasteiger charge is 2.24. The summed E-state index contributed by atoms with van der Waals surface area (Å²) in [7, 11) is -3.19. The van der Waals surface area contributed by atoms with Crippen LogP contribution in [-0.2, 0) is 10.1 Å².